The molecule has 0 radical (unpaired) electrons. The zero-order valence-corrected chi connectivity index (χ0v) is 9.14. The van der Waals surface area contributed by atoms with Gasteiger partial charge in [0.05, 0.1) is 0 Å². The van der Waals surface area contributed by atoms with Crippen molar-refractivity contribution in [3.8, 4) is 0 Å². The van der Waals surface area contributed by atoms with Crippen molar-refractivity contribution < 1.29 is 0 Å². The van der Waals surface area contributed by atoms with Gasteiger partial charge in [-0.05, 0) is 31.4 Å². The molecule has 0 bridgehead atoms. The maximum Gasteiger partial charge on any atom is 0.128 e. The van der Waals surface area contributed by atoms with E-state index in [9.17, 15) is 0 Å². The van der Waals surface area contributed by atoms with Crippen LogP contribution in [0.2, 0.25) is 0 Å². The summed E-state index contributed by atoms with van der Waals surface area (Å²) in [6.45, 7) is 3.02. The van der Waals surface area contributed by atoms with Crippen molar-refractivity contribution in [2.24, 2.45) is 5.41 Å². The van der Waals surface area contributed by atoms with Crippen molar-refractivity contribution in [3.63, 3.8) is 0 Å². The molecule has 2 rings (SSSR count). The number of nitrogens with zero attached hydrogens (tertiary/aromatic N) is 1. The Labute approximate surface area is 89.7 Å². The fraction of sp³-hybridized carbons (Fsp3) is 0.545. The summed E-state index contributed by atoms with van der Waals surface area (Å²) < 4.78 is 0. The van der Waals surface area contributed by atoms with Gasteiger partial charge >= 0.3 is 0 Å². The van der Waals surface area contributed by atoms with E-state index in [-0.39, 0.29) is 0 Å². The van der Waals surface area contributed by atoms with Gasteiger partial charge in [-0.25, -0.2) is 4.98 Å². The van der Waals surface area contributed by atoms with Crippen molar-refractivity contribution in [2.75, 3.05) is 17.7 Å². The van der Waals surface area contributed by atoms with Gasteiger partial charge in [-0.15, -0.1) is 11.6 Å². The van der Waals surface area contributed by atoms with Crippen molar-refractivity contribution in [1.82, 2.24) is 4.98 Å². The van der Waals surface area contributed by atoms with Gasteiger partial charge in [-0.2, -0.15) is 0 Å². The highest BCUT2D eigenvalue weighted by Crippen LogP contribution is 2.46. The van der Waals surface area contributed by atoms with E-state index in [1.165, 1.54) is 18.4 Å². The maximum atomic E-state index is 5.90. The molecule has 1 heterocycles. The summed E-state index contributed by atoms with van der Waals surface area (Å²) in [5.41, 5.74) is 1.55. The summed E-state index contributed by atoms with van der Waals surface area (Å²) in [7, 11) is 0. The number of anilines is 1. The lowest BCUT2D eigenvalue weighted by Crippen LogP contribution is -2.17. The predicted octanol–water partition coefficient (Wildman–Crippen LogP) is 2.82. The lowest BCUT2D eigenvalue weighted by molar-refractivity contribution is 0.617. The van der Waals surface area contributed by atoms with E-state index in [0.29, 0.717) is 5.41 Å². The van der Waals surface area contributed by atoms with Crippen LogP contribution >= 0.6 is 11.6 Å². The minimum Gasteiger partial charge on any atom is -0.369 e. The largest absolute Gasteiger partial charge is 0.369 e. The number of pyridine rings is 1. The molecule has 1 aliphatic rings. The third-order valence-corrected chi connectivity index (χ3v) is 3.45. The fourth-order valence-electron chi connectivity index (χ4n) is 1.48. The van der Waals surface area contributed by atoms with Gasteiger partial charge in [0.15, 0.2) is 0 Å². The molecule has 1 saturated carbocycles. The molecule has 0 aromatic carbocycles. The van der Waals surface area contributed by atoms with Crippen molar-refractivity contribution >= 4 is 17.4 Å². The molecular weight excluding hydrogens is 196 g/mol. The molecule has 0 atom stereocenters. The van der Waals surface area contributed by atoms with Gasteiger partial charge in [-0.3, -0.25) is 0 Å². The van der Waals surface area contributed by atoms with Gasteiger partial charge in [0.2, 0.25) is 0 Å². The molecule has 14 heavy (non-hydrogen) atoms. The number of hydrogen-bond donors (Lipinski definition) is 1. The first-order chi connectivity index (χ1) is 6.76. The van der Waals surface area contributed by atoms with E-state index in [4.69, 9.17) is 11.6 Å². The number of aryl methyl sites for hydroxylation is 1. The Kier molecular flexibility index (Phi) is 2.64. The van der Waals surface area contributed by atoms with Gasteiger partial charge in [0, 0.05) is 24.0 Å². The quantitative estimate of drug-likeness (QED) is 0.774. The minimum absolute atomic E-state index is 0.353. The van der Waals surface area contributed by atoms with Crippen LogP contribution in [0, 0.1) is 12.3 Å². The molecule has 0 saturated heterocycles. The average molecular weight is 211 g/mol. The normalized spacial score (nSPS) is 17.9. The number of alkyl halides is 1. The Bertz CT molecular complexity index is 321. The predicted molar refractivity (Wildman–Crippen MR) is 59.9 cm³/mol. The van der Waals surface area contributed by atoms with Gasteiger partial charge in [-0.1, -0.05) is 6.07 Å². The van der Waals surface area contributed by atoms with Crippen molar-refractivity contribution in [2.45, 2.75) is 19.8 Å². The molecule has 2 nitrogen and oxygen atoms in total. The summed E-state index contributed by atoms with van der Waals surface area (Å²) in [5, 5.41) is 3.37. The summed E-state index contributed by atoms with van der Waals surface area (Å²) in [6, 6.07) is 4.02. The molecule has 1 N–H and O–H groups in total. The summed E-state index contributed by atoms with van der Waals surface area (Å²) in [6.07, 6.45) is 4.31. The lowest BCUT2D eigenvalue weighted by atomic mass is 10.1. The monoisotopic (exact) mass is 210 g/mol. The fourth-order valence-corrected chi connectivity index (χ4v) is 1.84. The third-order valence-electron chi connectivity index (χ3n) is 2.88. The highest BCUT2D eigenvalue weighted by molar-refractivity contribution is 6.18. The van der Waals surface area contributed by atoms with Gasteiger partial charge in [0.1, 0.15) is 5.82 Å². The number of nitrogens with one attached hydrogen (secondary N) is 1. The highest BCUT2D eigenvalue weighted by Gasteiger charge is 2.41. The van der Waals surface area contributed by atoms with Crippen molar-refractivity contribution in [1.29, 1.82) is 0 Å². The Morgan fingerprint density at radius 3 is 2.93 bits per heavy atom. The second-order valence-corrected chi connectivity index (χ2v) is 4.42. The number of hydrogen-bond acceptors (Lipinski definition) is 2. The first kappa shape index (κ1) is 9.78. The highest BCUT2D eigenvalue weighted by atomic mass is 35.5. The second-order valence-electron chi connectivity index (χ2n) is 4.16. The number of rotatable bonds is 4. The molecule has 0 spiro atoms. The molecule has 76 valence electrons. The molecule has 1 fully saturated rings. The van der Waals surface area contributed by atoms with Crippen LogP contribution in [0.1, 0.15) is 18.4 Å². The van der Waals surface area contributed by atoms with E-state index < -0.39 is 0 Å². The van der Waals surface area contributed by atoms with Crippen LogP contribution < -0.4 is 5.32 Å². The summed E-state index contributed by atoms with van der Waals surface area (Å²) >= 11 is 5.90. The van der Waals surface area contributed by atoms with Crippen LogP contribution in [0.5, 0.6) is 0 Å². The van der Waals surface area contributed by atoms with E-state index in [2.05, 4.69) is 23.3 Å². The van der Waals surface area contributed by atoms with Crippen LogP contribution in [0.3, 0.4) is 0 Å². The van der Waals surface area contributed by atoms with Crippen LogP contribution in [0.15, 0.2) is 18.3 Å². The molecule has 0 aliphatic heterocycles. The molecule has 0 amide bonds. The molecule has 1 aromatic rings. The van der Waals surface area contributed by atoms with E-state index in [0.717, 1.165) is 18.2 Å². The van der Waals surface area contributed by atoms with E-state index >= 15 is 0 Å². The Morgan fingerprint density at radius 1 is 1.57 bits per heavy atom. The second kappa shape index (κ2) is 3.77. The smallest absolute Gasteiger partial charge is 0.128 e. The van der Waals surface area contributed by atoms with Crippen molar-refractivity contribution in [3.05, 3.63) is 23.9 Å². The SMILES string of the molecule is Cc1cccnc1NCC1(CCl)CC1. The first-order valence-corrected chi connectivity index (χ1v) is 5.51. The summed E-state index contributed by atoms with van der Waals surface area (Å²) in [4.78, 5) is 4.29. The zero-order chi connectivity index (χ0) is 10.0. The lowest BCUT2D eigenvalue weighted by Gasteiger charge is -2.13. The van der Waals surface area contributed by atoms with Crippen LogP contribution in [0.4, 0.5) is 5.82 Å². The average Bonchev–Trinajstić information content (AvgIpc) is 2.98. The van der Waals surface area contributed by atoms with Crippen LogP contribution in [-0.4, -0.2) is 17.4 Å². The molecule has 1 aliphatic carbocycles. The zero-order valence-electron chi connectivity index (χ0n) is 8.39. The minimum atomic E-state index is 0.353. The molecule has 3 heteroatoms. The third kappa shape index (κ3) is 2.01. The standard InChI is InChI=1S/C11H15ClN2/c1-9-3-2-6-13-10(9)14-8-11(7-12)4-5-11/h2-3,6H,4-5,7-8H2,1H3,(H,13,14). The Hall–Kier alpha value is -0.760. The Morgan fingerprint density at radius 2 is 2.36 bits per heavy atom. The maximum absolute atomic E-state index is 5.90. The first-order valence-electron chi connectivity index (χ1n) is 4.97. The van der Waals surface area contributed by atoms with E-state index in [1.54, 1.807) is 0 Å². The Balaban J connectivity index is 1.95. The molecular formula is C11H15ClN2. The number of halogens is 1. The van der Waals surface area contributed by atoms with Gasteiger partial charge < -0.3 is 5.32 Å². The van der Waals surface area contributed by atoms with Gasteiger partial charge in [0.25, 0.3) is 0 Å². The topological polar surface area (TPSA) is 24.9 Å². The van der Waals surface area contributed by atoms with Crippen LogP contribution in [-0.2, 0) is 0 Å². The molecule has 0 unspecified atom stereocenters. The summed E-state index contributed by atoms with van der Waals surface area (Å²) in [5.74, 6) is 1.75. The van der Waals surface area contributed by atoms with E-state index in [1.807, 2.05) is 12.3 Å². The molecule has 1 aromatic heterocycles. The number of aromatic nitrogens is 1. The van der Waals surface area contributed by atoms with Crippen LogP contribution in [0.25, 0.3) is 0 Å².